The average molecular weight is 474 g/mol. The van der Waals surface area contributed by atoms with Crippen LogP contribution in [-0.2, 0) is 9.47 Å². The van der Waals surface area contributed by atoms with Gasteiger partial charge in [0.1, 0.15) is 0 Å². The molecule has 6 nitrogen and oxygen atoms in total. The van der Waals surface area contributed by atoms with Gasteiger partial charge in [0.15, 0.2) is 0 Å². The molecule has 8 heteroatoms. The molecule has 1 N–H and O–H groups in total. The van der Waals surface area contributed by atoms with Crippen molar-refractivity contribution in [2.45, 2.75) is 64.5 Å². The van der Waals surface area contributed by atoms with E-state index in [0.29, 0.717) is 15.2 Å². The van der Waals surface area contributed by atoms with Crippen molar-refractivity contribution in [1.82, 2.24) is 4.90 Å². The molecule has 0 aliphatic carbocycles. The first-order chi connectivity index (χ1) is 13.1. The number of amides is 2. The molecule has 2 saturated heterocycles. The molecule has 2 heterocycles. The van der Waals surface area contributed by atoms with Crippen LogP contribution in [0.25, 0.3) is 0 Å². The molecule has 28 heavy (non-hydrogen) atoms. The molecular weight excluding hydrogens is 448 g/mol. The van der Waals surface area contributed by atoms with Crippen molar-refractivity contribution in [2.75, 3.05) is 12.1 Å². The van der Waals surface area contributed by atoms with Crippen LogP contribution in [0.3, 0.4) is 0 Å². The maximum Gasteiger partial charge on any atom is 0.414 e. The standard InChI is InChI=1S/C20H26BrClN2O4/c1-19(2,3)20-9-4-5-14(8-10-20)24(20)18(26)28-12-27-17(25)23-16-11-13(22)6-7-15(16)21/h6-7,11,14H,4-5,8-10,12H2,1-3H3,(H,23,25). The van der Waals surface area contributed by atoms with Crippen molar-refractivity contribution in [2.24, 2.45) is 5.41 Å². The van der Waals surface area contributed by atoms with Crippen molar-refractivity contribution in [3.8, 4) is 0 Å². The summed E-state index contributed by atoms with van der Waals surface area (Å²) in [4.78, 5) is 26.7. The first kappa shape index (κ1) is 21.2. The van der Waals surface area contributed by atoms with E-state index in [1.165, 1.54) is 0 Å². The van der Waals surface area contributed by atoms with Crippen molar-refractivity contribution in [3.63, 3.8) is 0 Å². The van der Waals surface area contributed by atoms with Gasteiger partial charge in [0.05, 0.1) is 11.2 Å². The number of benzene rings is 1. The smallest absolute Gasteiger partial charge is 0.411 e. The van der Waals surface area contributed by atoms with E-state index in [2.05, 4.69) is 42.0 Å². The molecule has 2 fully saturated rings. The van der Waals surface area contributed by atoms with Crippen LogP contribution in [0.2, 0.25) is 5.02 Å². The Kier molecular flexibility index (Phi) is 6.15. The molecule has 2 bridgehead atoms. The Morgan fingerprint density at radius 3 is 2.75 bits per heavy atom. The molecule has 0 radical (unpaired) electrons. The summed E-state index contributed by atoms with van der Waals surface area (Å²) in [5, 5.41) is 3.05. The van der Waals surface area contributed by atoms with E-state index in [1.807, 2.05) is 4.90 Å². The van der Waals surface area contributed by atoms with Gasteiger partial charge in [-0.3, -0.25) is 10.2 Å². The third-order valence-corrected chi connectivity index (χ3v) is 6.90. The minimum absolute atomic E-state index is 0.0434. The number of piperidine rings is 1. The van der Waals surface area contributed by atoms with Gasteiger partial charge in [0, 0.05) is 15.5 Å². The summed E-state index contributed by atoms with van der Waals surface area (Å²) in [6.45, 7) is 6.08. The zero-order valence-electron chi connectivity index (χ0n) is 16.4. The van der Waals surface area contributed by atoms with Gasteiger partial charge in [-0.2, -0.15) is 0 Å². The number of hydrogen-bond acceptors (Lipinski definition) is 4. The molecule has 3 rings (SSSR count). The quantitative estimate of drug-likeness (QED) is 0.532. The topological polar surface area (TPSA) is 67.9 Å². The number of ether oxygens (including phenoxy) is 2. The molecule has 2 amide bonds. The van der Waals surface area contributed by atoms with Crippen LogP contribution in [0.5, 0.6) is 0 Å². The molecular formula is C20H26BrClN2O4. The monoisotopic (exact) mass is 472 g/mol. The number of carbonyl (C=O) groups is 2. The first-order valence-electron chi connectivity index (χ1n) is 9.49. The zero-order valence-corrected chi connectivity index (χ0v) is 18.7. The predicted octanol–water partition coefficient (Wildman–Crippen LogP) is 6.18. The Balaban J connectivity index is 1.57. The average Bonchev–Trinajstić information content (AvgIpc) is 2.84. The SMILES string of the molecule is CC(C)(C)C12CCCC(CC1)N2C(=O)OCOC(=O)Nc1cc(Cl)ccc1Br. The van der Waals surface area contributed by atoms with Crippen LogP contribution in [0, 0.1) is 5.41 Å². The zero-order chi connectivity index (χ0) is 20.5. The van der Waals surface area contributed by atoms with E-state index < -0.39 is 19.0 Å². The third kappa shape index (κ3) is 4.10. The molecule has 2 unspecified atom stereocenters. The van der Waals surface area contributed by atoms with Gasteiger partial charge in [-0.05, 0) is 71.6 Å². The molecule has 0 spiro atoms. The highest BCUT2D eigenvalue weighted by molar-refractivity contribution is 9.10. The largest absolute Gasteiger partial charge is 0.414 e. The number of halogens is 2. The maximum absolute atomic E-state index is 12.8. The van der Waals surface area contributed by atoms with E-state index in [4.69, 9.17) is 21.1 Å². The van der Waals surface area contributed by atoms with Gasteiger partial charge in [0.2, 0.25) is 6.79 Å². The van der Waals surface area contributed by atoms with Gasteiger partial charge >= 0.3 is 12.2 Å². The summed E-state index contributed by atoms with van der Waals surface area (Å²) in [5.74, 6) is 0. The van der Waals surface area contributed by atoms with Crippen LogP contribution >= 0.6 is 27.5 Å². The van der Waals surface area contributed by atoms with Crippen LogP contribution in [0.1, 0.15) is 52.9 Å². The summed E-state index contributed by atoms with van der Waals surface area (Å²) in [6, 6.07) is 5.21. The lowest BCUT2D eigenvalue weighted by molar-refractivity contribution is -0.0474. The van der Waals surface area contributed by atoms with Crippen LogP contribution in [0.15, 0.2) is 22.7 Å². The van der Waals surface area contributed by atoms with Gasteiger partial charge in [0.25, 0.3) is 0 Å². The summed E-state index contributed by atoms with van der Waals surface area (Å²) in [5.41, 5.74) is 0.240. The highest BCUT2D eigenvalue weighted by atomic mass is 79.9. The fourth-order valence-electron chi connectivity index (χ4n) is 4.53. The second kappa shape index (κ2) is 8.11. The van der Waals surface area contributed by atoms with E-state index in [-0.39, 0.29) is 17.0 Å². The maximum atomic E-state index is 12.8. The first-order valence-corrected chi connectivity index (χ1v) is 10.7. The molecule has 0 aromatic heterocycles. The number of nitrogens with zero attached hydrogens (tertiary/aromatic N) is 1. The van der Waals surface area contributed by atoms with E-state index >= 15 is 0 Å². The molecule has 0 saturated carbocycles. The fraction of sp³-hybridized carbons (Fsp3) is 0.600. The number of hydrogen-bond donors (Lipinski definition) is 1. The number of anilines is 1. The molecule has 154 valence electrons. The Morgan fingerprint density at radius 1 is 1.29 bits per heavy atom. The summed E-state index contributed by atoms with van der Waals surface area (Å²) < 4.78 is 11.0. The second-order valence-electron chi connectivity index (χ2n) is 8.45. The molecule has 2 aliphatic rings. The lowest BCUT2D eigenvalue weighted by Crippen LogP contribution is -2.60. The van der Waals surface area contributed by atoms with Gasteiger partial charge in [-0.25, -0.2) is 9.59 Å². The van der Waals surface area contributed by atoms with Crippen LogP contribution < -0.4 is 5.32 Å². The van der Waals surface area contributed by atoms with Gasteiger partial charge in [-0.1, -0.05) is 32.4 Å². The van der Waals surface area contributed by atoms with Crippen molar-refractivity contribution in [3.05, 3.63) is 27.7 Å². The third-order valence-electron chi connectivity index (χ3n) is 5.98. The minimum Gasteiger partial charge on any atom is -0.411 e. The van der Waals surface area contributed by atoms with Gasteiger partial charge in [-0.15, -0.1) is 0 Å². The fourth-order valence-corrected chi connectivity index (χ4v) is 5.05. The minimum atomic E-state index is -0.720. The van der Waals surface area contributed by atoms with E-state index in [9.17, 15) is 9.59 Å². The van der Waals surface area contributed by atoms with E-state index in [0.717, 1.165) is 32.1 Å². The number of rotatable bonds is 3. The van der Waals surface area contributed by atoms with Gasteiger partial charge < -0.3 is 9.47 Å². The predicted molar refractivity (Wildman–Crippen MR) is 112 cm³/mol. The lowest BCUT2D eigenvalue weighted by atomic mass is 9.68. The Labute approximate surface area is 179 Å². The number of nitrogens with one attached hydrogen (secondary N) is 1. The summed E-state index contributed by atoms with van der Waals surface area (Å²) in [7, 11) is 0. The normalized spacial score (nSPS) is 24.0. The Morgan fingerprint density at radius 2 is 2.04 bits per heavy atom. The Bertz CT molecular complexity index is 763. The number of fused-ring (bicyclic) bond motifs is 2. The summed E-state index contributed by atoms with van der Waals surface area (Å²) in [6.07, 6.45) is 3.95. The molecule has 2 aliphatic heterocycles. The van der Waals surface area contributed by atoms with E-state index in [1.54, 1.807) is 18.2 Å². The highest BCUT2D eigenvalue weighted by Crippen LogP contribution is 2.53. The van der Waals surface area contributed by atoms with Crippen molar-refractivity contribution in [1.29, 1.82) is 0 Å². The van der Waals surface area contributed by atoms with Crippen LogP contribution in [0.4, 0.5) is 15.3 Å². The second-order valence-corrected chi connectivity index (χ2v) is 9.74. The van der Waals surface area contributed by atoms with Crippen molar-refractivity contribution < 1.29 is 19.1 Å². The molecule has 2 atom stereocenters. The van der Waals surface area contributed by atoms with Crippen molar-refractivity contribution >= 4 is 45.4 Å². The number of carbonyl (C=O) groups excluding carboxylic acids is 2. The highest BCUT2D eigenvalue weighted by Gasteiger charge is 2.57. The molecule has 1 aromatic rings. The summed E-state index contributed by atoms with van der Waals surface area (Å²) >= 11 is 9.25. The Hall–Kier alpha value is -1.47. The molecule has 1 aromatic carbocycles. The lowest BCUT2D eigenvalue weighted by Gasteiger charge is -2.51. The van der Waals surface area contributed by atoms with Crippen LogP contribution in [-0.4, -0.2) is 35.5 Å².